The lowest BCUT2D eigenvalue weighted by Gasteiger charge is -2.20. The molecule has 1 aliphatic carbocycles. The Bertz CT molecular complexity index is 384. The van der Waals surface area contributed by atoms with Gasteiger partial charge in [0, 0.05) is 32.7 Å². The van der Waals surface area contributed by atoms with E-state index >= 15 is 0 Å². The van der Waals surface area contributed by atoms with Crippen LogP contribution < -0.4 is 10.6 Å². The third-order valence-electron chi connectivity index (χ3n) is 4.80. The highest BCUT2D eigenvalue weighted by molar-refractivity contribution is 14.0. The smallest absolute Gasteiger partial charge is 0.356 e. The van der Waals surface area contributed by atoms with Crippen molar-refractivity contribution in [1.29, 1.82) is 0 Å². The molecule has 142 valence electrons. The SMILES string of the molecule is CN=C(NCCCC1CCCC1)NC1CCN(CC(F)(F)F)C1.I. The number of aliphatic imine (C=N–C) groups is 1. The fourth-order valence-corrected chi connectivity index (χ4v) is 3.63. The van der Waals surface area contributed by atoms with E-state index in [4.69, 9.17) is 0 Å². The van der Waals surface area contributed by atoms with E-state index in [2.05, 4.69) is 15.6 Å². The van der Waals surface area contributed by atoms with Gasteiger partial charge in [0.1, 0.15) is 0 Å². The Morgan fingerprint density at radius 2 is 1.92 bits per heavy atom. The van der Waals surface area contributed by atoms with E-state index in [0.717, 1.165) is 25.3 Å². The maximum atomic E-state index is 12.4. The summed E-state index contributed by atoms with van der Waals surface area (Å²) in [7, 11) is 1.70. The topological polar surface area (TPSA) is 39.7 Å². The second-order valence-electron chi connectivity index (χ2n) is 6.77. The molecule has 24 heavy (non-hydrogen) atoms. The fourth-order valence-electron chi connectivity index (χ4n) is 3.63. The Kier molecular flexibility index (Phi) is 9.69. The van der Waals surface area contributed by atoms with Crippen molar-refractivity contribution < 1.29 is 13.2 Å². The number of hydrogen-bond donors (Lipinski definition) is 2. The summed E-state index contributed by atoms with van der Waals surface area (Å²) in [6, 6.07) is 0.0402. The molecule has 0 aromatic carbocycles. The summed E-state index contributed by atoms with van der Waals surface area (Å²) in [6.45, 7) is 0.950. The Labute approximate surface area is 160 Å². The third-order valence-corrected chi connectivity index (χ3v) is 4.80. The van der Waals surface area contributed by atoms with Crippen molar-refractivity contribution in [2.45, 2.75) is 57.2 Å². The maximum absolute atomic E-state index is 12.4. The van der Waals surface area contributed by atoms with Crippen molar-refractivity contribution in [2.75, 3.05) is 33.2 Å². The standard InChI is InChI=1S/C16H29F3N4.HI/c1-20-15(21-9-4-7-13-5-2-3-6-13)22-14-8-10-23(11-14)12-16(17,18)19;/h13-14H,2-12H2,1H3,(H2,20,21,22);1H. The average Bonchev–Trinajstić information content (AvgIpc) is 3.12. The fraction of sp³-hybridized carbons (Fsp3) is 0.938. The molecule has 2 N–H and O–H groups in total. The number of nitrogens with one attached hydrogen (secondary N) is 2. The lowest BCUT2D eigenvalue weighted by molar-refractivity contribution is -0.143. The quantitative estimate of drug-likeness (QED) is 0.275. The number of nitrogens with zero attached hydrogens (tertiary/aromatic N) is 2. The van der Waals surface area contributed by atoms with Gasteiger partial charge in [-0.05, 0) is 25.2 Å². The highest BCUT2D eigenvalue weighted by Gasteiger charge is 2.34. The van der Waals surface area contributed by atoms with Crippen molar-refractivity contribution in [2.24, 2.45) is 10.9 Å². The summed E-state index contributed by atoms with van der Waals surface area (Å²) < 4.78 is 37.2. The predicted molar refractivity (Wildman–Crippen MR) is 102 cm³/mol. The molecule has 0 bridgehead atoms. The van der Waals surface area contributed by atoms with Crippen molar-refractivity contribution in [1.82, 2.24) is 15.5 Å². The van der Waals surface area contributed by atoms with Gasteiger partial charge in [-0.15, -0.1) is 24.0 Å². The highest BCUT2D eigenvalue weighted by Crippen LogP contribution is 2.28. The van der Waals surface area contributed by atoms with Crippen LogP contribution in [0.3, 0.4) is 0 Å². The summed E-state index contributed by atoms with van der Waals surface area (Å²) in [6.07, 6.45) is 4.46. The lowest BCUT2D eigenvalue weighted by atomic mass is 10.0. The van der Waals surface area contributed by atoms with Crippen LogP contribution in [-0.2, 0) is 0 Å². The van der Waals surface area contributed by atoms with Crippen LogP contribution in [0.15, 0.2) is 4.99 Å². The molecule has 1 unspecified atom stereocenters. The van der Waals surface area contributed by atoms with Crippen molar-refractivity contribution in [3.63, 3.8) is 0 Å². The summed E-state index contributed by atoms with van der Waals surface area (Å²) in [5, 5.41) is 6.52. The molecule has 1 atom stereocenters. The molecule has 1 saturated heterocycles. The Morgan fingerprint density at radius 1 is 1.21 bits per heavy atom. The molecule has 1 heterocycles. The first-order chi connectivity index (χ1) is 11.0. The molecule has 0 amide bonds. The van der Waals surface area contributed by atoms with Crippen LogP contribution >= 0.6 is 24.0 Å². The van der Waals surface area contributed by atoms with E-state index in [1.165, 1.54) is 37.0 Å². The highest BCUT2D eigenvalue weighted by atomic mass is 127. The first kappa shape index (κ1) is 21.8. The molecule has 8 heteroatoms. The minimum Gasteiger partial charge on any atom is -0.356 e. The Morgan fingerprint density at radius 3 is 2.54 bits per heavy atom. The number of rotatable bonds is 6. The summed E-state index contributed by atoms with van der Waals surface area (Å²) in [5.74, 6) is 1.59. The first-order valence-corrected chi connectivity index (χ1v) is 8.72. The number of halogens is 4. The molecule has 1 aliphatic heterocycles. The molecule has 0 spiro atoms. The minimum absolute atomic E-state index is 0. The van der Waals surface area contributed by atoms with Gasteiger partial charge < -0.3 is 10.6 Å². The van der Waals surface area contributed by atoms with Gasteiger partial charge >= 0.3 is 6.18 Å². The van der Waals surface area contributed by atoms with E-state index in [-0.39, 0.29) is 30.0 Å². The van der Waals surface area contributed by atoms with Crippen LogP contribution in [0.2, 0.25) is 0 Å². The molecule has 0 aromatic heterocycles. The van der Waals surface area contributed by atoms with Gasteiger partial charge in [0.25, 0.3) is 0 Å². The van der Waals surface area contributed by atoms with Gasteiger partial charge in [0.05, 0.1) is 6.54 Å². The van der Waals surface area contributed by atoms with Gasteiger partial charge in [-0.1, -0.05) is 25.7 Å². The number of hydrogen-bond acceptors (Lipinski definition) is 2. The zero-order valence-electron chi connectivity index (χ0n) is 14.4. The van der Waals surface area contributed by atoms with Crippen molar-refractivity contribution in [3.8, 4) is 0 Å². The van der Waals surface area contributed by atoms with Gasteiger partial charge in [-0.3, -0.25) is 9.89 Å². The molecular formula is C16H30F3IN4. The first-order valence-electron chi connectivity index (χ1n) is 8.72. The van der Waals surface area contributed by atoms with E-state index in [9.17, 15) is 13.2 Å². The van der Waals surface area contributed by atoms with Crippen LogP contribution in [0.4, 0.5) is 13.2 Å². The van der Waals surface area contributed by atoms with Crippen molar-refractivity contribution >= 4 is 29.9 Å². The van der Waals surface area contributed by atoms with Gasteiger partial charge in [-0.2, -0.15) is 13.2 Å². The van der Waals surface area contributed by atoms with E-state index < -0.39 is 12.7 Å². The number of likely N-dealkylation sites (tertiary alicyclic amines) is 1. The molecule has 2 aliphatic rings. The van der Waals surface area contributed by atoms with Gasteiger partial charge in [0.2, 0.25) is 0 Å². The maximum Gasteiger partial charge on any atom is 0.401 e. The monoisotopic (exact) mass is 462 g/mol. The molecule has 2 fully saturated rings. The molecule has 2 rings (SSSR count). The number of guanidine groups is 1. The molecule has 4 nitrogen and oxygen atoms in total. The number of alkyl halides is 3. The third kappa shape index (κ3) is 8.22. The normalized spacial score (nSPS) is 23.3. The Balaban J connectivity index is 0.00000288. The second kappa shape index (κ2) is 10.7. The van der Waals surface area contributed by atoms with Crippen LogP contribution in [0, 0.1) is 5.92 Å². The zero-order chi connectivity index (χ0) is 16.7. The van der Waals surface area contributed by atoms with Gasteiger partial charge in [-0.25, -0.2) is 0 Å². The van der Waals surface area contributed by atoms with E-state index in [1.807, 2.05) is 0 Å². The lowest BCUT2D eigenvalue weighted by Crippen LogP contribution is -2.45. The minimum atomic E-state index is -4.12. The van der Waals surface area contributed by atoms with Crippen molar-refractivity contribution in [3.05, 3.63) is 0 Å². The summed E-state index contributed by atoms with van der Waals surface area (Å²) in [5.41, 5.74) is 0. The van der Waals surface area contributed by atoms with E-state index in [0.29, 0.717) is 19.0 Å². The predicted octanol–water partition coefficient (Wildman–Crippen LogP) is 3.38. The summed E-state index contributed by atoms with van der Waals surface area (Å²) >= 11 is 0. The van der Waals surface area contributed by atoms with E-state index in [1.54, 1.807) is 7.05 Å². The summed E-state index contributed by atoms with van der Waals surface area (Å²) in [4.78, 5) is 5.62. The molecule has 1 saturated carbocycles. The van der Waals surface area contributed by atoms with Crippen LogP contribution in [0.25, 0.3) is 0 Å². The molecular weight excluding hydrogens is 432 g/mol. The van der Waals surface area contributed by atoms with Crippen LogP contribution in [0.5, 0.6) is 0 Å². The largest absolute Gasteiger partial charge is 0.401 e. The average molecular weight is 462 g/mol. The van der Waals surface area contributed by atoms with Crippen LogP contribution in [-0.4, -0.2) is 56.3 Å². The van der Waals surface area contributed by atoms with Gasteiger partial charge in [0.15, 0.2) is 5.96 Å². The Hall–Kier alpha value is -0.250. The second-order valence-corrected chi connectivity index (χ2v) is 6.77. The molecule has 0 radical (unpaired) electrons. The van der Waals surface area contributed by atoms with Crippen LogP contribution in [0.1, 0.15) is 44.9 Å². The zero-order valence-corrected chi connectivity index (χ0v) is 16.7. The molecule has 0 aromatic rings.